The zero-order valence-electron chi connectivity index (χ0n) is 20.1. The van der Waals surface area contributed by atoms with Crippen LogP contribution < -0.4 is 5.32 Å². The van der Waals surface area contributed by atoms with Crippen molar-refractivity contribution >= 4 is 33.7 Å². The van der Waals surface area contributed by atoms with Gasteiger partial charge in [-0.3, -0.25) is 4.79 Å². The predicted molar refractivity (Wildman–Crippen MR) is 139 cm³/mol. The van der Waals surface area contributed by atoms with E-state index in [0.29, 0.717) is 22.4 Å². The standard InChI is InChI=1S/C27H27N7O2/c1-33-13-15-34(16-14-33)12-11-18-5-8-20(9-6-18)28-27(35)19-7-10-22-24(17-19)30-26(29-22)21-3-2-4-23-25(21)32-36-31-23/h2-10,17H,11-16H2,1H3,(H,28,35)(H,29,30). The van der Waals surface area contributed by atoms with Gasteiger partial charge in [0.1, 0.15) is 16.9 Å². The normalized spacial score (nSPS) is 15.0. The Bertz CT molecular complexity index is 1510. The first-order valence-electron chi connectivity index (χ1n) is 12.1. The van der Waals surface area contributed by atoms with Crippen molar-refractivity contribution in [1.82, 2.24) is 30.1 Å². The summed E-state index contributed by atoms with van der Waals surface area (Å²) in [6.45, 7) is 5.57. The number of likely N-dealkylation sites (N-methyl/N-ethyl adjacent to an activating group) is 1. The maximum absolute atomic E-state index is 12.9. The smallest absolute Gasteiger partial charge is 0.255 e. The fraction of sp³-hybridized carbons (Fsp3) is 0.259. The Kier molecular flexibility index (Phi) is 5.92. The van der Waals surface area contributed by atoms with Crippen LogP contribution in [-0.2, 0) is 6.42 Å². The van der Waals surface area contributed by atoms with E-state index in [1.54, 1.807) is 6.07 Å². The summed E-state index contributed by atoms with van der Waals surface area (Å²) >= 11 is 0. The number of carbonyl (C=O) groups excluding carboxylic acids is 1. The third-order valence-electron chi connectivity index (χ3n) is 6.81. The number of carbonyl (C=O) groups is 1. The van der Waals surface area contributed by atoms with Crippen LogP contribution in [0.5, 0.6) is 0 Å². The lowest BCUT2D eigenvalue weighted by molar-refractivity contribution is 0.102. The lowest BCUT2D eigenvalue weighted by atomic mass is 10.1. The molecule has 0 bridgehead atoms. The Hall–Kier alpha value is -4.08. The van der Waals surface area contributed by atoms with E-state index in [-0.39, 0.29) is 5.91 Å². The summed E-state index contributed by atoms with van der Waals surface area (Å²) in [7, 11) is 2.17. The number of rotatable bonds is 6. The quantitative estimate of drug-likeness (QED) is 0.380. The highest BCUT2D eigenvalue weighted by atomic mass is 16.6. The average molecular weight is 482 g/mol. The number of anilines is 1. The van der Waals surface area contributed by atoms with Crippen LogP contribution >= 0.6 is 0 Å². The van der Waals surface area contributed by atoms with Gasteiger partial charge in [0.25, 0.3) is 5.91 Å². The number of benzene rings is 3. The van der Waals surface area contributed by atoms with Gasteiger partial charge >= 0.3 is 0 Å². The van der Waals surface area contributed by atoms with E-state index in [9.17, 15) is 4.79 Å². The van der Waals surface area contributed by atoms with Gasteiger partial charge in [-0.15, -0.1) is 0 Å². The number of aromatic amines is 1. The molecule has 5 aromatic rings. The van der Waals surface area contributed by atoms with Crippen LogP contribution in [0.15, 0.2) is 65.3 Å². The number of imidazole rings is 1. The van der Waals surface area contributed by atoms with Crippen LogP contribution in [0, 0.1) is 0 Å². The molecule has 2 N–H and O–H groups in total. The molecule has 1 fully saturated rings. The maximum Gasteiger partial charge on any atom is 0.255 e. The lowest BCUT2D eigenvalue weighted by Gasteiger charge is -2.32. The average Bonchev–Trinajstić information content (AvgIpc) is 3.56. The molecular formula is C27H27N7O2. The molecule has 0 spiro atoms. The van der Waals surface area contributed by atoms with Crippen molar-refractivity contribution in [3.05, 3.63) is 71.8 Å². The van der Waals surface area contributed by atoms with E-state index in [1.807, 2.05) is 42.5 Å². The molecule has 1 aliphatic heterocycles. The van der Waals surface area contributed by atoms with Crippen LogP contribution in [0.25, 0.3) is 33.5 Å². The van der Waals surface area contributed by atoms with Gasteiger partial charge in [-0.25, -0.2) is 9.61 Å². The first kappa shape index (κ1) is 22.4. The van der Waals surface area contributed by atoms with Crippen LogP contribution in [0.3, 0.4) is 0 Å². The molecule has 36 heavy (non-hydrogen) atoms. The van der Waals surface area contributed by atoms with Crippen molar-refractivity contribution in [3.8, 4) is 11.4 Å². The summed E-state index contributed by atoms with van der Waals surface area (Å²) in [5, 5.41) is 10.9. The van der Waals surface area contributed by atoms with E-state index in [4.69, 9.17) is 4.63 Å². The highest BCUT2D eigenvalue weighted by Gasteiger charge is 2.15. The molecule has 9 nitrogen and oxygen atoms in total. The monoisotopic (exact) mass is 481 g/mol. The number of hydrogen-bond acceptors (Lipinski definition) is 7. The van der Waals surface area contributed by atoms with Crippen molar-refractivity contribution in [2.45, 2.75) is 6.42 Å². The second-order valence-corrected chi connectivity index (χ2v) is 9.30. The van der Waals surface area contributed by atoms with Gasteiger partial charge in [0.15, 0.2) is 0 Å². The third-order valence-corrected chi connectivity index (χ3v) is 6.81. The molecule has 2 aromatic heterocycles. The topological polar surface area (TPSA) is 103 Å². The van der Waals surface area contributed by atoms with Crippen LogP contribution in [-0.4, -0.2) is 75.8 Å². The minimum Gasteiger partial charge on any atom is -0.338 e. The number of nitrogens with one attached hydrogen (secondary N) is 2. The Morgan fingerprint density at radius 1 is 1.00 bits per heavy atom. The summed E-state index contributed by atoms with van der Waals surface area (Å²) in [5.41, 5.74) is 6.24. The second kappa shape index (κ2) is 9.52. The third kappa shape index (κ3) is 4.58. The number of fused-ring (bicyclic) bond motifs is 2. The van der Waals surface area contributed by atoms with Crippen molar-refractivity contribution < 1.29 is 9.42 Å². The molecule has 3 heterocycles. The van der Waals surface area contributed by atoms with E-state index < -0.39 is 0 Å². The minimum absolute atomic E-state index is 0.166. The summed E-state index contributed by atoms with van der Waals surface area (Å²) in [6.07, 6.45) is 1.01. The molecule has 1 amide bonds. The summed E-state index contributed by atoms with van der Waals surface area (Å²) in [4.78, 5) is 25.8. The number of H-pyrrole nitrogens is 1. The summed E-state index contributed by atoms with van der Waals surface area (Å²) in [5.74, 6) is 0.483. The molecule has 9 heteroatoms. The minimum atomic E-state index is -0.166. The molecule has 3 aromatic carbocycles. The van der Waals surface area contributed by atoms with Crippen molar-refractivity contribution in [2.24, 2.45) is 0 Å². The first-order chi connectivity index (χ1) is 17.6. The van der Waals surface area contributed by atoms with Crippen molar-refractivity contribution in [1.29, 1.82) is 0 Å². The molecular weight excluding hydrogens is 454 g/mol. The SMILES string of the molecule is CN1CCN(CCc2ccc(NC(=O)c3ccc4nc(-c5cccc6nonc56)[nH]c4c3)cc2)CC1. The van der Waals surface area contributed by atoms with Crippen molar-refractivity contribution in [3.63, 3.8) is 0 Å². The zero-order valence-corrected chi connectivity index (χ0v) is 20.1. The molecule has 0 saturated carbocycles. The summed E-state index contributed by atoms with van der Waals surface area (Å²) in [6, 6.07) is 19.2. The van der Waals surface area contributed by atoms with Crippen LogP contribution in [0.2, 0.25) is 0 Å². The van der Waals surface area contributed by atoms with Gasteiger partial charge in [-0.1, -0.05) is 18.2 Å². The number of aromatic nitrogens is 4. The second-order valence-electron chi connectivity index (χ2n) is 9.30. The van der Waals surface area contributed by atoms with E-state index in [0.717, 1.165) is 61.4 Å². The van der Waals surface area contributed by atoms with Gasteiger partial charge in [0.2, 0.25) is 0 Å². The molecule has 1 aliphatic rings. The Morgan fingerprint density at radius 2 is 1.83 bits per heavy atom. The summed E-state index contributed by atoms with van der Waals surface area (Å²) < 4.78 is 4.86. The molecule has 0 atom stereocenters. The number of hydrogen-bond donors (Lipinski definition) is 2. The van der Waals surface area contributed by atoms with Gasteiger partial charge in [-0.05, 0) is 71.8 Å². The highest BCUT2D eigenvalue weighted by molar-refractivity contribution is 6.06. The fourth-order valence-electron chi connectivity index (χ4n) is 4.59. The van der Waals surface area contributed by atoms with Gasteiger partial charge < -0.3 is 20.1 Å². The molecule has 0 aliphatic carbocycles. The Morgan fingerprint density at radius 3 is 2.67 bits per heavy atom. The Labute approximate surface area is 208 Å². The molecule has 0 unspecified atom stereocenters. The highest BCUT2D eigenvalue weighted by Crippen LogP contribution is 2.27. The van der Waals surface area contributed by atoms with Gasteiger partial charge in [0, 0.05) is 49.5 Å². The Balaban J connectivity index is 1.12. The molecule has 6 rings (SSSR count). The predicted octanol–water partition coefficient (Wildman–Crippen LogP) is 3.81. The lowest BCUT2D eigenvalue weighted by Crippen LogP contribution is -2.45. The molecule has 1 saturated heterocycles. The van der Waals surface area contributed by atoms with Crippen molar-refractivity contribution in [2.75, 3.05) is 45.1 Å². The van der Waals surface area contributed by atoms with E-state index in [2.05, 4.69) is 54.6 Å². The number of amides is 1. The van der Waals surface area contributed by atoms with Gasteiger partial charge in [0.05, 0.1) is 11.0 Å². The molecule has 0 radical (unpaired) electrons. The largest absolute Gasteiger partial charge is 0.338 e. The van der Waals surface area contributed by atoms with E-state index in [1.165, 1.54) is 5.56 Å². The van der Waals surface area contributed by atoms with E-state index >= 15 is 0 Å². The first-order valence-corrected chi connectivity index (χ1v) is 12.1. The molecule has 182 valence electrons. The maximum atomic E-state index is 12.9. The number of nitrogens with zero attached hydrogens (tertiary/aromatic N) is 5. The zero-order chi connectivity index (χ0) is 24.5. The van der Waals surface area contributed by atoms with Crippen LogP contribution in [0.4, 0.5) is 5.69 Å². The fourth-order valence-corrected chi connectivity index (χ4v) is 4.59. The number of piperazine rings is 1. The van der Waals surface area contributed by atoms with Gasteiger partial charge in [-0.2, -0.15) is 0 Å². The van der Waals surface area contributed by atoms with Crippen LogP contribution in [0.1, 0.15) is 15.9 Å².